The zero-order valence-electron chi connectivity index (χ0n) is 14.9. The SMILES string of the molecule is CN(C)CCCCCCOc1c(F)c[c]c(F)c1-c1ccc(F)cc1F. The first-order chi connectivity index (χ1) is 12.4. The molecule has 0 unspecified atom stereocenters. The van der Waals surface area contributed by atoms with Crippen molar-refractivity contribution in [2.24, 2.45) is 0 Å². The Morgan fingerprint density at radius 2 is 1.69 bits per heavy atom. The van der Waals surface area contributed by atoms with Crippen LogP contribution in [-0.4, -0.2) is 32.1 Å². The highest BCUT2D eigenvalue weighted by atomic mass is 19.1. The van der Waals surface area contributed by atoms with Crippen molar-refractivity contribution in [1.82, 2.24) is 4.90 Å². The highest BCUT2D eigenvalue weighted by Crippen LogP contribution is 2.36. The molecule has 0 heterocycles. The zero-order chi connectivity index (χ0) is 19.1. The minimum absolute atomic E-state index is 0.179. The van der Waals surface area contributed by atoms with Gasteiger partial charge in [0.05, 0.1) is 12.2 Å². The standard InChI is InChI=1S/C20H22F4NO/c1-25(2)11-5-3-4-6-12-26-20-17(23)10-9-16(22)19(20)15-8-7-14(21)13-18(15)24/h7-8,10,13H,3-6,11-12H2,1-2H3. The van der Waals surface area contributed by atoms with Gasteiger partial charge in [0.15, 0.2) is 11.6 Å². The van der Waals surface area contributed by atoms with E-state index < -0.39 is 23.3 Å². The van der Waals surface area contributed by atoms with Crippen molar-refractivity contribution in [3.8, 4) is 16.9 Å². The van der Waals surface area contributed by atoms with Gasteiger partial charge in [0.1, 0.15) is 17.5 Å². The van der Waals surface area contributed by atoms with Gasteiger partial charge < -0.3 is 9.64 Å². The summed E-state index contributed by atoms with van der Waals surface area (Å²) in [6.45, 7) is 1.17. The summed E-state index contributed by atoms with van der Waals surface area (Å²) >= 11 is 0. The Hall–Kier alpha value is -2.08. The Kier molecular flexibility index (Phi) is 7.45. The second-order valence-electron chi connectivity index (χ2n) is 6.34. The molecular formula is C20H22F4NO. The van der Waals surface area contributed by atoms with Gasteiger partial charge in [-0.3, -0.25) is 0 Å². The van der Waals surface area contributed by atoms with Gasteiger partial charge in [0.2, 0.25) is 0 Å². The molecular weight excluding hydrogens is 346 g/mol. The number of ether oxygens (including phenoxy) is 1. The molecule has 26 heavy (non-hydrogen) atoms. The van der Waals surface area contributed by atoms with Gasteiger partial charge in [0.25, 0.3) is 0 Å². The summed E-state index contributed by atoms with van der Waals surface area (Å²) < 4.78 is 60.8. The van der Waals surface area contributed by atoms with E-state index in [0.29, 0.717) is 12.5 Å². The first-order valence-corrected chi connectivity index (χ1v) is 8.52. The van der Waals surface area contributed by atoms with Crippen LogP contribution in [0.1, 0.15) is 25.7 Å². The molecule has 0 saturated carbocycles. The smallest absolute Gasteiger partial charge is 0.166 e. The van der Waals surface area contributed by atoms with E-state index in [1.54, 1.807) is 0 Å². The van der Waals surface area contributed by atoms with Crippen molar-refractivity contribution in [3.05, 3.63) is 53.6 Å². The summed E-state index contributed by atoms with van der Waals surface area (Å²) in [5.41, 5.74) is -0.643. The van der Waals surface area contributed by atoms with E-state index in [2.05, 4.69) is 11.0 Å². The maximum Gasteiger partial charge on any atom is 0.166 e. The predicted molar refractivity (Wildman–Crippen MR) is 93.1 cm³/mol. The monoisotopic (exact) mass is 368 g/mol. The summed E-state index contributed by atoms with van der Waals surface area (Å²) in [4.78, 5) is 2.10. The Balaban J connectivity index is 2.07. The molecule has 0 amide bonds. The molecule has 1 radical (unpaired) electrons. The number of rotatable bonds is 9. The van der Waals surface area contributed by atoms with Gasteiger partial charge in [-0.25, -0.2) is 17.6 Å². The van der Waals surface area contributed by atoms with Gasteiger partial charge >= 0.3 is 0 Å². The molecule has 0 aliphatic heterocycles. The van der Waals surface area contributed by atoms with Crippen LogP contribution in [0.5, 0.6) is 5.75 Å². The van der Waals surface area contributed by atoms with Gasteiger partial charge in [0, 0.05) is 17.7 Å². The first kappa shape index (κ1) is 20.2. The van der Waals surface area contributed by atoms with E-state index in [-0.39, 0.29) is 23.5 Å². The lowest BCUT2D eigenvalue weighted by Gasteiger charge is -2.14. The van der Waals surface area contributed by atoms with Crippen molar-refractivity contribution in [2.75, 3.05) is 27.2 Å². The zero-order valence-corrected chi connectivity index (χ0v) is 14.9. The van der Waals surface area contributed by atoms with Crippen molar-refractivity contribution < 1.29 is 22.3 Å². The van der Waals surface area contributed by atoms with Crippen LogP contribution in [-0.2, 0) is 0 Å². The van der Waals surface area contributed by atoms with Crippen LogP contribution in [0, 0.1) is 29.3 Å². The maximum absolute atomic E-state index is 14.2. The third-order valence-corrected chi connectivity index (χ3v) is 3.94. The van der Waals surface area contributed by atoms with E-state index >= 15 is 0 Å². The number of unbranched alkanes of at least 4 members (excludes halogenated alkanes) is 3. The highest BCUT2D eigenvalue weighted by molar-refractivity contribution is 5.71. The fourth-order valence-electron chi connectivity index (χ4n) is 2.62. The van der Waals surface area contributed by atoms with Crippen LogP contribution in [0.25, 0.3) is 11.1 Å². The maximum atomic E-state index is 14.2. The molecule has 6 heteroatoms. The lowest BCUT2D eigenvalue weighted by Crippen LogP contribution is -2.12. The van der Waals surface area contributed by atoms with Crippen LogP contribution >= 0.6 is 0 Å². The molecule has 0 fully saturated rings. The molecule has 0 aromatic heterocycles. The van der Waals surface area contributed by atoms with Crippen molar-refractivity contribution in [1.29, 1.82) is 0 Å². The number of hydrogen-bond acceptors (Lipinski definition) is 2. The van der Waals surface area contributed by atoms with Gasteiger partial charge in [-0.15, -0.1) is 0 Å². The minimum atomic E-state index is -0.989. The molecule has 0 bridgehead atoms. The van der Waals surface area contributed by atoms with Gasteiger partial charge in [-0.2, -0.15) is 0 Å². The first-order valence-electron chi connectivity index (χ1n) is 8.52. The minimum Gasteiger partial charge on any atom is -0.490 e. The molecule has 0 atom stereocenters. The summed E-state index contributed by atoms with van der Waals surface area (Å²) in [6, 6.07) is 5.57. The van der Waals surface area contributed by atoms with Crippen molar-refractivity contribution in [2.45, 2.75) is 25.7 Å². The average molecular weight is 368 g/mol. The Morgan fingerprint density at radius 1 is 0.962 bits per heavy atom. The molecule has 2 nitrogen and oxygen atoms in total. The largest absolute Gasteiger partial charge is 0.490 e. The molecule has 0 N–H and O–H groups in total. The van der Waals surface area contributed by atoms with E-state index in [1.165, 1.54) is 0 Å². The number of halogens is 4. The molecule has 2 rings (SSSR count). The van der Waals surface area contributed by atoms with Crippen LogP contribution in [0.4, 0.5) is 17.6 Å². The van der Waals surface area contributed by atoms with E-state index in [9.17, 15) is 17.6 Å². The highest BCUT2D eigenvalue weighted by Gasteiger charge is 2.20. The summed E-state index contributed by atoms with van der Waals surface area (Å²) in [6.07, 6.45) is 3.60. The second-order valence-corrected chi connectivity index (χ2v) is 6.34. The Labute approximate surface area is 151 Å². The Morgan fingerprint density at radius 3 is 2.38 bits per heavy atom. The van der Waals surface area contributed by atoms with E-state index in [1.807, 2.05) is 14.1 Å². The molecule has 2 aromatic carbocycles. The van der Waals surface area contributed by atoms with Gasteiger partial charge in [-0.1, -0.05) is 12.8 Å². The topological polar surface area (TPSA) is 12.5 Å². The lowest BCUT2D eigenvalue weighted by atomic mass is 10.0. The number of nitrogens with zero attached hydrogens (tertiary/aromatic N) is 1. The van der Waals surface area contributed by atoms with E-state index in [4.69, 9.17) is 4.74 Å². The number of benzene rings is 2. The quantitative estimate of drug-likeness (QED) is 0.445. The third kappa shape index (κ3) is 5.46. The average Bonchev–Trinajstić information content (AvgIpc) is 2.57. The number of hydrogen-bond donors (Lipinski definition) is 0. The van der Waals surface area contributed by atoms with Crippen LogP contribution in [0.3, 0.4) is 0 Å². The molecule has 0 aliphatic rings. The van der Waals surface area contributed by atoms with Gasteiger partial charge in [-0.05, 0) is 51.7 Å². The van der Waals surface area contributed by atoms with E-state index in [0.717, 1.165) is 44.0 Å². The summed E-state index contributed by atoms with van der Waals surface area (Å²) in [7, 11) is 4.01. The lowest BCUT2D eigenvalue weighted by molar-refractivity contribution is 0.288. The summed E-state index contributed by atoms with van der Waals surface area (Å²) in [5.74, 6) is -3.95. The molecule has 141 valence electrons. The molecule has 0 saturated heterocycles. The molecule has 0 aliphatic carbocycles. The Bertz CT molecular complexity index is 734. The second kappa shape index (κ2) is 9.57. The molecule has 2 aromatic rings. The van der Waals surface area contributed by atoms with Crippen molar-refractivity contribution >= 4 is 0 Å². The van der Waals surface area contributed by atoms with Crippen LogP contribution < -0.4 is 4.74 Å². The third-order valence-electron chi connectivity index (χ3n) is 3.94. The van der Waals surface area contributed by atoms with Crippen molar-refractivity contribution in [3.63, 3.8) is 0 Å². The molecule has 0 spiro atoms. The normalized spacial score (nSPS) is 11.2. The van der Waals surface area contributed by atoms with Crippen LogP contribution in [0.2, 0.25) is 0 Å². The predicted octanol–water partition coefficient (Wildman–Crippen LogP) is 5.21. The summed E-state index contributed by atoms with van der Waals surface area (Å²) in [5, 5.41) is 0. The fraction of sp³-hybridized carbons (Fsp3) is 0.400. The fourth-order valence-corrected chi connectivity index (χ4v) is 2.62. The van der Waals surface area contributed by atoms with Crippen LogP contribution in [0.15, 0.2) is 24.3 Å².